The van der Waals surface area contributed by atoms with E-state index in [1.54, 1.807) is 0 Å². The zero-order valence-electron chi connectivity index (χ0n) is 6.34. The minimum atomic E-state index is -4.13. The Morgan fingerprint density at radius 1 is 1.20 bits per heavy atom. The molecule has 0 saturated heterocycles. The lowest BCUT2D eigenvalue weighted by Crippen LogP contribution is -2.12. The van der Waals surface area contributed by atoms with Crippen LogP contribution in [0.2, 0.25) is 0 Å². The normalized spacial score (nSPS) is 11.4. The molecule has 0 heterocycles. The van der Waals surface area contributed by atoms with Gasteiger partial charge in [0, 0.05) is 5.57 Å². The van der Waals surface area contributed by atoms with Crippen molar-refractivity contribution in [2.75, 3.05) is 0 Å². The van der Waals surface area contributed by atoms with Crippen molar-refractivity contribution in [2.45, 2.75) is 33.4 Å². The van der Waals surface area contributed by atoms with Gasteiger partial charge in [-0.1, -0.05) is 12.5 Å². The second-order valence-corrected chi connectivity index (χ2v) is 2.33. The molecular weight excluding hydrogens is 141 g/mol. The molecule has 0 unspecified atom stereocenters. The number of hydrogen-bond acceptors (Lipinski definition) is 0. The van der Waals surface area contributed by atoms with E-state index in [9.17, 15) is 13.2 Å². The fraction of sp³-hybridized carbons (Fsp3) is 0.714. The number of rotatable bonds is 1. The van der Waals surface area contributed by atoms with Crippen molar-refractivity contribution >= 4 is 0 Å². The molecule has 0 radical (unpaired) electrons. The highest BCUT2D eigenvalue weighted by Crippen LogP contribution is 2.29. The van der Waals surface area contributed by atoms with E-state index >= 15 is 0 Å². The minimum Gasteiger partial charge on any atom is -0.166 e. The van der Waals surface area contributed by atoms with Crippen LogP contribution in [0.5, 0.6) is 0 Å². The third-order valence-corrected chi connectivity index (χ3v) is 1.30. The maximum atomic E-state index is 11.9. The molecule has 0 rings (SSSR count). The van der Waals surface area contributed by atoms with E-state index in [1.807, 2.05) is 0 Å². The van der Waals surface area contributed by atoms with Crippen molar-refractivity contribution in [1.29, 1.82) is 0 Å². The summed E-state index contributed by atoms with van der Waals surface area (Å²) >= 11 is 0. The van der Waals surface area contributed by atoms with Crippen LogP contribution < -0.4 is 0 Å². The highest BCUT2D eigenvalue weighted by Gasteiger charge is 2.32. The van der Waals surface area contributed by atoms with Crippen molar-refractivity contribution in [3.63, 3.8) is 0 Å². The highest BCUT2D eigenvalue weighted by molar-refractivity contribution is 5.14. The van der Waals surface area contributed by atoms with Crippen LogP contribution in [0.1, 0.15) is 27.2 Å². The molecule has 0 aliphatic rings. The maximum Gasteiger partial charge on any atom is 0.412 e. The molecule has 0 fully saturated rings. The third kappa shape index (κ3) is 2.42. The molecule has 0 N–H and O–H groups in total. The zero-order valence-corrected chi connectivity index (χ0v) is 6.34. The lowest BCUT2D eigenvalue weighted by atomic mass is 10.1. The molecule has 0 aliphatic heterocycles. The van der Waals surface area contributed by atoms with E-state index < -0.39 is 11.7 Å². The monoisotopic (exact) mass is 152 g/mol. The van der Waals surface area contributed by atoms with Crippen LogP contribution in [0.3, 0.4) is 0 Å². The first kappa shape index (κ1) is 9.53. The minimum absolute atomic E-state index is 0.0613. The fourth-order valence-electron chi connectivity index (χ4n) is 0.837. The molecular formula is C7H11F3. The van der Waals surface area contributed by atoms with E-state index in [4.69, 9.17) is 0 Å². The molecule has 0 bridgehead atoms. The Bertz CT molecular complexity index is 137. The van der Waals surface area contributed by atoms with Gasteiger partial charge in [-0.15, -0.1) is 0 Å². The largest absolute Gasteiger partial charge is 0.412 e. The number of alkyl halides is 3. The van der Waals surface area contributed by atoms with Gasteiger partial charge >= 0.3 is 6.18 Å². The molecule has 0 nitrogen and oxygen atoms in total. The molecule has 0 aromatic carbocycles. The van der Waals surface area contributed by atoms with Crippen molar-refractivity contribution in [2.24, 2.45) is 0 Å². The van der Waals surface area contributed by atoms with Gasteiger partial charge in [0.25, 0.3) is 0 Å². The molecule has 0 amide bonds. The van der Waals surface area contributed by atoms with Gasteiger partial charge in [0.1, 0.15) is 0 Å². The quantitative estimate of drug-likeness (QED) is 0.506. The summed E-state index contributed by atoms with van der Waals surface area (Å²) in [5, 5.41) is 0. The van der Waals surface area contributed by atoms with Gasteiger partial charge in [0.05, 0.1) is 0 Å². The maximum absolute atomic E-state index is 11.9. The van der Waals surface area contributed by atoms with Crippen LogP contribution in [-0.2, 0) is 0 Å². The molecule has 60 valence electrons. The number of allylic oxidation sites excluding steroid dienone is 2. The Kier molecular flexibility index (Phi) is 2.94. The molecule has 0 saturated carbocycles. The van der Waals surface area contributed by atoms with E-state index in [2.05, 4.69) is 0 Å². The van der Waals surface area contributed by atoms with Gasteiger partial charge in [-0.2, -0.15) is 13.2 Å². The first-order valence-electron chi connectivity index (χ1n) is 3.13. The van der Waals surface area contributed by atoms with Gasteiger partial charge in [0.15, 0.2) is 0 Å². The smallest absolute Gasteiger partial charge is 0.166 e. The summed E-state index contributed by atoms with van der Waals surface area (Å²) in [4.78, 5) is 0. The van der Waals surface area contributed by atoms with Gasteiger partial charge < -0.3 is 0 Å². The molecule has 0 aromatic heterocycles. The third-order valence-electron chi connectivity index (χ3n) is 1.30. The zero-order chi connectivity index (χ0) is 8.36. The molecule has 0 aliphatic carbocycles. The Balaban J connectivity index is 4.55. The Labute approximate surface area is 58.7 Å². The molecule has 0 atom stereocenters. The summed E-state index contributed by atoms with van der Waals surface area (Å²) in [7, 11) is 0. The first-order valence-corrected chi connectivity index (χ1v) is 3.13. The van der Waals surface area contributed by atoms with Crippen molar-refractivity contribution in [1.82, 2.24) is 0 Å². The second-order valence-electron chi connectivity index (χ2n) is 2.33. The van der Waals surface area contributed by atoms with Crippen LogP contribution in [-0.4, -0.2) is 6.18 Å². The predicted molar refractivity (Wildman–Crippen MR) is 34.7 cm³/mol. The van der Waals surface area contributed by atoms with E-state index in [0.717, 1.165) is 0 Å². The van der Waals surface area contributed by atoms with Crippen molar-refractivity contribution in [3.8, 4) is 0 Å². The summed E-state index contributed by atoms with van der Waals surface area (Å²) in [6, 6.07) is 0. The van der Waals surface area contributed by atoms with Gasteiger partial charge in [0.2, 0.25) is 0 Å². The molecule has 3 heteroatoms. The summed E-state index contributed by atoms with van der Waals surface area (Å²) < 4.78 is 35.7. The Morgan fingerprint density at radius 2 is 1.60 bits per heavy atom. The average Bonchev–Trinajstić information content (AvgIpc) is 1.60. The van der Waals surface area contributed by atoms with Crippen LogP contribution in [0.25, 0.3) is 0 Å². The van der Waals surface area contributed by atoms with Crippen LogP contribution in [0, 0.1) is 0 Å². The highest BCUT2D eigenvalue weighted by atomic mass is 19.4. The van der Waals surface area contributed by atoms with Gasteiger partial charge in [-0.25, -0.2) is 0 Å². The lowest BCUT2D eigenvalue weighted by molar-refractivity contribution is -0.0943. The van der Waals surface area contributed by atoms with E-state index in [0.29, 0.717) is 5.57 Å². The topological polar surface area (TPSA) is 0 Å². The van der Waals surface area contributed by atoms with Crippen LogP contribution in [0.15, 0.2) is 11.1 Å². The van der Waals surface area contributed by atoms with Crippen LogP contribution >= 0.6 is 0 Å². The summed E-state index contributed by atoms with van der Waals surface area (Å²) in [6.07, 6.45) is -4.07. The SMILES string of the molecule is CCC(=C(C)C)C(F)(F)F. The van der Waals surface area contributed by atoms with Crippen molar-refractivity contribution in [3.05, 3.63) is 11.1 Å². The fourth-order valence-corrected chi connectivity index (χ4v) is 0.837. The second kappa shape index (κ2) is 3.08. The average molecular weight is 152 g/mol. The van der Waals surface area contributed by atoms with E-state index in [-0.39, 0.29) is 6.42 Å². The standard InChI is InChI=1S/C7H11F3/c1-4-6(5(2)3)7(8,9)10/h4H2,1-3H3. The number of hydrogen-bond donors (Lipinski definition) is 0. The summed E-state index contributed by atoms with van der Waals surface area (Å²) in [5.41, 5.74) is -0.0532. The Morgan fingerprint density at radius 3 is 1.60 bits per heavy atom. The summed E-state index contributed by atoms with van der Waals surface area (Å²) in [6.45, 7) is 4.47. The van der Waals surface area contributed by atoms with Gasteiger partial charge in [-0.3, -0.25) is 0 Å². The first-order chi connectivity index (χ1) is 4.39. The Hall–Kier alpha value is -0.470. The summed E-state index contributed by atoms with van der Waals surface area (Å²) in [5.74, 6) is 0. The van der Waals surface area contributed by atoms with Gasteiger partial charge in [-0.05, 0) is 20.3 Å². The molecule has 10 heavy (non-hydrogen) atoms. The van der Waals surface area contributed by atoms with Crippen LogP contribution in [0.4, 0.5) is 13.2 Å². The lowest BCUT2D eigenvalue weighted by Gasteiger charge is -2.10. The molecule has 0 aromatic rings. The van der Waals surface area contributed by atoms with Crippen molar-refractivity contribution < 1.29 is 13.2 Å². The predicted octanol–water partition coefficient (Wildman–Crippen LogP) is 3.30. The van der Waals surface area contributed by atoms with E-state index in [1.165, 1.54) is 20.8 Å². The number of halogens is 3. The molecule has 0 spiro atoms.